The molecule has 0 fully saturated rings. The quantitative estimate of drug-likeness (QED) is 0.842. The Labute approximate surface area is 136 Å². The molecule has 1 N–H and O–H groups in total. The van der Waals surface area contributed by atoms with Crippen molar-refractivity contribution in [2.24, 2.45) is 0 Å². The molecule has 0 radical (unpaired) electrons. The highest BCUT2D eigenvalue weighted by Gasteiger charge is 2.25. The Bertz CT molecular complexity index is 641. The molecule has 0 amide bonds. The molecule has 1 aromatic carbocycles. The van der Waals surface area contributed by atoms with Crippen molar-refractivity contribution in [3.8, 4) is 10.6 Å². The average Bonchev–Trinajstić information content (AvgIpc) is 2.92. The van der Waals surface area contributed by atoms with E-state index in [1.165, 1.54) is 29.5 Å². The van der Waals surface area contributed by atoms with Crippen molar-refractivity contribution in [2.75, 3.05) is 13.1 Å². The van der Waals surface area contributed by atoms with Crippen LogP contribution in [0, 0.1) is 5.82 Å². The molecule has 0 saturated heterocycles. The molecule has 1 aromatic heterocycles. The molecular weight excluding hydrogens is 351 g/mol. The highest BCUT2D eigenvalue weighted by molar-refractivity contribution is 9.10. The smallest absolute Gasteiger partial charge is 0.125 e. The zero-order chi connectivity index (χ0) is 14.8. The Morgan fingerprint density at radius 1 is 1.48 bits per heavy atom. The van der Waals surface area contributed by atoms with E-state index in [9.17, 15) is 4.39 Å². The Hall–Kier alpha value is -0.780. The van der Waals surface area contributed by atoms with Gasteiger partial charge < -0.3 is 5.32 Å². The largest absolute Gasteiger partial charge is 0.316 e. The van der Waals surface area contributed by atoms with E-state index in [1.54, 1.807) is 23.5 Å². The van der Waals surface area contributed by atoms with Crippen LogP contribution in [0.5, 0.6) is 0 Å². The molecule has 1 aliphatic carbocycles. The van der Waals surface area contributed by atoms with Gasteiger partial charge in [-0.15, -0.1) is 11.3 Å². The van der Waals surface area contributed by atoms with Crippen LogP contribution in [0.4, 0.5) is 4.39 Å². The van der Waals surface area contributed by atoms with Crippen LogP contribution in [-0.2, 0) is 6.42 Å². The normalized spacial score (nSPS) is 17.8. The van der Waals surface area contributed by atoms with E-state index in [0.717, 1.165) is 34.6 Å². The fraction of sp³-hybridized carbons (Fsp3) is 0.438. The summed E-state index contributed by atoms with van der Waals surface area (Å²) in [6.45, 7) is 4.09. The Kier molecular flexibility index (Phi) is 4.72. The molecule has 21 heavy (non-hydrogen) atoms. The van der Waals surface area contributed by atoms with Crippen molar-refractivity contribution in [2.45, 2.75) is 32.1 Å². The minimum Gasteiger partial charge on any atom is -0.316 e. The lowest BCUT2D eigenvalue weighted by molar-refractivity contribution is 0.509. The summed E-state index contributed by atoms with van der Waals surface area (Å²) in [5.74, 6) is 0.275. The summed E-state index contributed by atoms with van der Waals surface area (Å²) in [6, 6.07) is 4.78. The van der Waals surface area contributed by atoms with Gasteiger partial charge in [0.05, 0.1) is 5.69 Å². The Balaban J connectivity index is 1.96. The summed E-state index contributed by atoms with van der Waals surface area (Å²) in [6.07, 6.45) is 3.51. The summed E-state index contributed by atoms with van der Waals surface area (Å²) in [4.78, 5) is 6.21. The van der Waals surface area contributed by atoms with Gasteiger partial charge in [0.15, 0.2) is 0 Å². The minimum atomic E-state index is -0.217. The first kappa shape index (κ1) is 15.1. The molecular formula is C16H18BrFN2S. The van der Waals surface area contributed by atoms with E-state index in [-0.39, 0.29) is 5.82 Å². The standard InChI is InChI=1S/C16H18BrFN2S/c1-2-19-9-10-4-3-5-14-15(10)20-16(21-14)12-8-11(18)6-7-13(12)17/h6-8,10,19H,2-5,9H2,1H3. The van der Waals surface area contributed by atoms with Crippen molar-refractivity contribution < 1.29 is 4.39 Å². The van der Waals surface area contributed by atoms with Crippen LogP contribution < -0.4 is 5.32 Å². The van der Waals surface area contributed by atoms with Gasteiger partial charge in [0.2, 0.25) is 0 Å². The van der Waals surface area contributed by atoms with Crippen LogP contribution in [0.15, 0.2) is 22.7 Å². The molecule has 0 saturated carbocycles. The molecule has 1 atom stereocenters. The number of fused-ring (bicyclic) bond motifs is 1. The highest BCUT2D eigenvalue weighted by atomic mass is 79.9. The number of aromatic nitrogens is 1. The van der Waals surface area contributed by atoms with E-state index in [2.05, 4.69) is 28.2 Å². The fourth-order valence-electron chi connectivity index (χ4n) is 2.80. The second kappa shape index (κ2) is 6.55. The lowest BCUT2D eigenvalue weighted by Crippen LogP contribution is -2.23. The molecule has 1 aliphatic rings. The van der Waals surface area contributed by atoms with Crippen LogP contribution in [0.1, 0.15) is 36.3 Å². The maximum atomic E-state index is 13.5. The van der Waals surface area contributed by atoms with Crippen LogP contribution >= 0.6 is 27.3 Å². The second-order valence-corrected chi connectivity index (χ2v) is 7.29. The maximum Gasteiger partial charge on any atom is 0.125 e. The van der Waals surface area contributed by atoms with E-state index in [4.69, 9.17) is 4.98 Å². The first-order valence-electron chi connectivity index (χ1n) is 7.34. The summed E-state index contributed by atoms with van der Waals surface area (Å²) < 4.78 is 14.4. The number of aryl methyl sites for hydroxylation is 1. The van der Waals surface area contributed by atoms with E-state index in [0.29, 0.717) is 5.92 Å². The van der Waals surface area contributed by atoms with E-state index >= 15 is 0 Å². The Morgan fingerprint density at radius 2 is 2.33 bits per heavy atom. The summed E-state index contributed by atoms with van der Waals surface area (Å²) in [5, 5.41) is 4.35. The number of rotatable bonds is 4. The number of hydrogen-bond acceptors (Lipinski definition) is 3. The number of benzene rings is 1. The first-order valence-corrected chi connectivity index (χ1v) is 8.95. The van der Waals surface area contributed by atoms with Gasteiger partial charge in [-0.3, -0.25) is 0 Å². The third-order valence-electron chi connectivity index (χ3n) is 3.87. The first-order chi connectivity index (χ1) is 10.2. The SMILES string of the molecule is CCNCC1CCCc2sc(-c3cc(F)ccc3Br)nc21. The zero-order valence-corrected chi connectivity index (χ0v) is 14.4. The van der Waals surface area contributed by atoms with Crippen molar-refractivity contribution in [3.05, 3.63) is 39.1 Å². The van der Waals surface area contributed by atoms with Gasteiger partial charge in [0, 0.05) is 27.4 Å². The molecule has 5 heteroatoms. The number of hydrogen-bond donors (Lipinski definition) is 1. The number of thiazole rings is 1. The number of likely N-dealkylation sites (N-methyl/N-ethyl adjacent to an activating group) is 1. The monoisotopic (exact) mass is 368 g/mol. The number of nitrogens with zero attached hydrogens (tertiary/aromatic N) is 1. The molecule has 0 bridgehead atoms. The lowest BCUT2D eigenvalue weighted by Gasteiger charge is -2.21. The van der Waals surface area contributed by atoms with E-state index < -0.39 is 0 Å². The maximum absolute atomic E-state index is 13.5. The highest BCUT2D eigenvalue weighted by Crippen LogP contribution is 2.40. The van der Waals surface area contributed by atoms with Crippen LogP contribution in [-0.4, -0.2) is 18.1 Å². The van der Waals surface area contributed by atoms with Gasteiger partial charge in [-0.2, -0.15) is 0 Å². The van der Waals surface area contributed by atoms with Crippen LogP contribution in [0.3, 0.4) is 0 Å². The zero-order valence-electron chi connectivity index (χ0n) is 12.0. The van der Waals surface area contributed by atoms with Crippen LogP contribution in [0.25, 0.3) is 10.6 Å². The van der Waals surface area contributed by atoms with Crippen molar-refractivity contribution in [1.82, 2.24) is 10.3 Å². The van der Waals surface area contributed by atoms with Crippen LogP contribution in [0.2, 0.25) is 0 Å². The molecule has 2 nitrogen and oxygen atoms in total. The van der Waals surface area contributed by atoms with E-state index in [1.807, 2.05) is 0 Å². The summed E-state index contributed by atoms with van der Waals surface area (Å²) >= 11 is 5.22. The molecule has 0 spiro atoms. The minimum absolute atomic E-state index is 0.217. The Morgan fingerprint density at radius 3 is 3.14 bits per heavy atom. The van der Waals surface area contributed by atoms with Gasteiger partial charge in [0.25, 0.3) is 0 Å². The second-order valence-electron chi connectivity index (χ2n) is 5.35. The average molecular weight is 369 g/mol. The van der Waals surface area contributed by atoms with Gasteiger partial charge >= 0.3 is 0 Å². The molecule has 2 aromatic rings. The van der Waals surface area contributed by atoms with Crippen molar-refractivity contribution in [3.63, 3.8) is 0 Å². The molecule has 3 rings (SSSR count). The topological polar surface area (TPSA) is 24.9 Å². The predicted octanol–water partition coefficient (Wildman–Crippen LogP) is 4.74. The lowest BCUT2D eigenvalue weighted by atomic mass is 9.91. The van der Waals surface area contributed by atoms with Gasteiger partial charge in [-0.05, 0) is 44.0 Å². The van der Waals surface area contributed by atoms with Crippen molar-refractivity contribution >= 4 is 27.3 Å². The van der Waals surface area contributed by atoms with Gasteiger partial charge in [-0.1, -0.05) is 22.9 Å². The molecule has 0 aliphatic heterocycles. The summed E-state index contributed by atoms with van der Waals surface area (Å²) in [5.41, 5.74) is 2.08. The summed E-state index contributed by atoms with van der Waals surface area (Å²) in [7, 11) is 0. The molecule has 1 unspecified atom stereocenters. The van der Waals surface area contributed by atoms with Crippen molar-refractivity contribution in [1.29, 1.82) is 0 Å². The van der Waals surface area contributed by atoms with Gasteiger partial charge in [0.1, 0.15) is 10.8 Å². The third-order valence-corrected chi connectivity index (χ3v) is 5.73. The fourth-order valence-corrected chi connectivity index (χ4v) is 4.59. The number of halogens is 2. The van der Waals surface area contributed by atoms with Gasteiger partial charge in [-0.25, -0.2) is 9.37 Å². The molecule has 112 valence electrons. The third kappa shape index (κ3) is 3.20. The number of nitrogens with one attached hydrogen (secondary N) is 1. The predicted molar refractivity (Wildman–Crippen MR) is 89.4 cm³/mol. The molecule has 1 heterocycles.